The van der Waals surface area contributed by atoms with Crippen molar-refractivity contribution in [3.05, 3.63) is 58.6 Å². The van der Waals surface area contributed by atoms with Gasteiger partial charge in [0.2, 0.25) is 0 Å². The van der Waals surface area contributed by atoms with E-state index < -0.39 is 0 Å². The van der Waals surface area contributed by atoms with Crippen LogP contribution in [0.15, 0.2) is 42.5 Å². The van der Waals surface area contributed by atoms with E-state index >= 15 is 0 Å². The summed E-state index contributed by atoms with van der Waals surface area (Å²) in [6, 6.07) is 16.1. The minimum Gasteiger partial charge on any atom is -0.340 e. The molecule has 2 nitrogen and oxygen atoms in total. The number of aryl methyl sites for hydroxylation is 1. The van der Waals surface area contributed by atoms with E-state index in [1.807, 2.05) is 36.4 Å². The third-order valence-corrected chi connectivity index (χ3v) is 3.63. The highest BCUT2D eigenvalue weighted by atomic mass is 35.5. The summed E-state index contributed by atoms with van der Waals surface area (Å²) in [4.78, 5) is 2.17. The molecule has 2 aromatic carbocycles. The average molecular weight is 285 g/mol. The normalized spacial score (nSPS) is 10.1. The number of halogens is 1. The van der Waals surface area contributed by atoms with Crippen molar-refractivity contribution in [3.63, 3.8) is 0 Å². The number of nitriles is 1. The van der Waals surface area contributed by atoms with E-state index in [2.05, 4.69) is 30.9 Å². The lowest BCUT2D eigenvalue weighted by Crippen LogP contribution is -2.19. The molecule has 0 aliphatic carbocycles. The Balaban J connectivity index is 2.56. The van der Waals surface area contributed by atoms with E-state index in [0.717, 1.165) is 34.1 Å². The van der Waals surface area contributed by atoms with Crippen LogP contribution >= 0.6 is 11.6 Å². The maximum atomic E-state index is 8.98. The summed E-state index contributed by atoms with van der Waals surface area (Å²) in [5.41, 5.74) is 4.22. The molecule has 3 heteroatoms. The number of nitrogens with zero attached hydrogens (tertiary/aromatic N) is 2. The molecule has 0 radical (unpaired) electrons. The molecule has 0 saturated carbocycles. The highest BCUT2D eigenvalue weighted by molar-refractivity contribution is 6.33. The zero-order valence-corrected chi connectivity index (χ0v) is 12.5. The smallest absolute Gasteiger partial charge is 0.0670 e. The van der Waals surface area contributed by atoms with Crippen molar-refractivity contribution in [2.45, 2.75) is 20.3 Å². The predicted molar refractivity (Wildman–Crippen MR) is 84.6 cm³/mol. The second kappa shape index (κ2) is 6.45. The van der Waals surface area contributed by atoms with Gasteiger partial charge in [0.1, 0.15) is 0 Å². The third-order valence-electron chi connectivity index (χ3n) is 3.33. The molecule has 0 unspecified atom stereocenters. The Morgan fingerprint density at radius 1 is 1.15 bits per heavy atom. The summed E-state index contributed by atoms with van der Waals surface area (Å²) >= 11 is 6.38. The van der Waals surface area contributed by atoms with E-state index in [-0.39, 0.29) is 0 Å². The Morgan fingerprint density at radius 2 is 1.90 bits per heavy atom. The molecule has 0 aliphatic heterocycles. The van der Waals surface area contributed by atoms with Crippen molar-refractivity contribution in [2.75, 3.05) is 11.4 Å². The number of hydrogen-bond acceptors (Lipinski definition) is 2. The largest absolute Gasteiger partial charge is 0.340 e. The van der Waals surface area contributed by atoms with E-state index in [0.29, 0.717) is 6.42 Å². The standard InChI is InChI=1S/C17H17ClN2/c1-3-20(17-13(2)7-6-9-15(17)18)16-10-5-4-8-14(16)11-12-19/h4-10H,3,11H2,1-2H3. The Hall–Kier alpha value is -1.98. The fourth-order valence-electron chi connectivity index (χ4n) is 2.42. The molecular formula is C17H17ClN2. The first-order valence-corrected chi connectivity index (χ1v) is 7.04. The van der Waals surface area contributed by atoms with Gasteiger partial charge in [0, 0.05) is 12.2 Å². The first kappa shape index (κ1) is 14.4. The van der Waals surface area contributed by atoms with Gasteiger partial charge >= 0.3 is 0 Å². The van der Waals surface area contributed by atoms with Crippen molar-refractivity contribution in [2.24, 2.45) is 0 Å². The molecule has 102 valence electrons. The van der Waals surface area contributed by atoms with Gasteiger partial charge < -0.3 is 4.90 Å². The summed E-state index contributed by atoms with van der Waals surface area (Å²) in [6.45, 7) is 4.94. The molecule has 0 spiro atoms. The Kier molecular flexibility index (Phi) is 4.65. The molecule has 0 heterocycles. The zero-order valence-electron chi connectivity index (χ0n) is 11.7. The summed E-state index contributed by atoms with van der Waals surface area (Å²) in [7, 11) is 0. The van der Waals surface area contributed by atoms with E-state index in [4.69, 9.17) is 16.9 Å². The molecular weight excluding hydrogens is 268 g/mol. The minimum atomic E-state index is 0.399. The second-order valence-electron chi connectivity index (χ2n) is 4.61. The molecule has 0 aliphatic rings. The van der Waals surface area contributed by atoms with Crippen LogP contribution in [-0.4, -0.2) is 6.54 Å². The summed E-state index contributed by atoms with van der Waals surface area (Å²) < 4.78 is 0. The molecule has 2 rings (SSSR count). The molecule has 0 N–H and O–H groups in total. The predicted octanol–water partition coefficient (Wildman–Crippen LogP) is 4.87. The number of rotatable bonds is 4. The highest BCUT2D eigenvalue weighted by Gasteiger charge is 2.15. The molecule has 0 amide bonds. The Bertz CT molecular complexity index is 623. The van der Waals surface area contributed by atoms with Crippen LogP contribution in [0.2, 0.25) is 5.02 Å². The lowest BCUT2D eigenvalue weighted by Gasteiger charge is -2.28. The Morgan fingerprint density at radius 3 is 2.55 bits per heavy atom. The maximum Gasteiger partial charge on any atom is 0.0670 e. The number of benzene rings is 2. The van der Waals surface area contributed by atoms with Crippen LogP contribution in [-0.2, 0) is 6.42 Å². The zero-order chi connectivity index (χ0) is 14.5. The molecule has 0 bridgehead atoms. The van der Waals surface area contributed by atoms with Gasteiger partial charge in [-0.1, -0.05) is 41.9 Å². The van der Waals surface area contributed by atoms with E-state index in [1.54, 1.807) is 0 Å². The van der Waals surface area contributed by atoms with Gasteiger partial charge in [-0.3, -0.25) is 0 Å². The van der Waals surface area contributed by atoms with Crippen LogP contribution in [0.25, 0.3) is 0 Å². The van der Waals surface area contributed by atoms with Gasteiger partial charge in [-0.15, -0.1) is 0 Å². The first-order chi connectivity index (χ1) is 9.69. The van der Waals surface area contributed by atoms with Crippen LogP contribution in [0.4, 0.5) is 11.4 Å². The maximum absolute atomic E-state index is 8.98. The number of hydrogen-bond donors (Lipinski definition) is 0. The van der Waals surface area contributed by atoms with Crippen molar-refractivity contribution in [3.8, 4) is 6.07 Å². The van der Waals surface area contributed by atoms with Gasteiger partial charge in [0.05, 0.1) is 23.2 Å². The van der Waals surface area contributed by atoms with Crippen molar-refractivity contribution in [1.82, 2.24) is 0 Å². The molecule has 0 saturated heterocycles. The van der Waals surface area contributed by atoms with Gasteiger partial charge in [-0.05, 0) is 37.1 Å². The Labute approximate surface area is 125 Å². The molecule has 0 atom stereocenters. The van der Waals surface area contributed by atoms with E-state index in [9.17, 15) is 0 Å². The van der Waals surface area contributed by atoms with Gasteiger partial charge in [0.15, 0.2) is 0 Å². The van der Waals surface area contributed by atoms with E-state index in [1.165, 1.54) is 0 Å². The lowest BCUT2D eigenvalue weighted by atomic mass is 10.1. The van der Waals surface area contributed by atoms with Crippen molar-refractivity contribution in [1.29, 1.82) is 5.26 Å². The average Bonchev–Trinajstić information content (AvgIpc) is 2.44. The number of anilines is 2. The van der Waals surface area contributed by atoms with Crippen LogP contribution in [0.5, 0.6) is 0 Å². The number of para-hydroxylation sites is 2. The first-order valence-electron chi connectivity index (χ1n) is 6.66. The quantitative estimate of drug-likeness (QED) is 0.801. The lowest BCUT2D eigenvalue weighted by molar-refractivity contribution is 1.00. The second-order valence-corrected chi connectivity index (χ2v) is 5.02. The van der Waals surface area contributed by atoms with Gasteiger partial charge in [0.25, 0.3) is 0 Å². The summed E-state index contributed by atoms with van der Waals surface area (Å²) in [5.74, 6) is 0. The minimum absolute atomic E-state index is 0.399. The molecule has 0 aromatic heterocycles. The third kappa shape index (κ3) is 2.79. The topological polar surface area (TPSA) is 27.0 Å². The van der Waals surface area contributed by atoms with Crippen LogP contribution in [0.3, 0.4) is 0 Å². The van der Waals surface area contributed by atoms with Gasteiger partial charge in [-0.2, -0.15) is 5.26 Å². The molecule has 20 heavy (non-hydrogen) atoms. The fraction of sp³-hybridized carbons (Fsp3) is 0.235. The molecule has 0 fully saturated rings. The van der Waals surface area contributed by atoms with Crippen molar-refractivity contribution >= 4 is 23.0 Å². The van der Waals surface area contributed by atoms with Crippen LogP contribution in [0, 0.1) is 18.3 Å². The summed E-state index contributed by atoms with van der Waals surface area (Å²) in [5, 5.41) is 9.72. The van der Waals surface area contributed by atoms with Crippen LogP contribution in [0.1, 0.15) is 18.1 Å². The van der Waals surface area contributed by atoms with Crippen molar-refractivity contribution < 1.29 is 0 Å². The monoisotopic (exact) mass is 284 g/mol. The highest BCUT2D eigenvalue weighted by Crippen LogP contribution is 2.36. The SMILES string of the molecule is CCN(c1ccccc1CC#N)c1c(C)cccc1Cl. The molecule has 2 aromatic rings. The van der Waals surface area contributed by atoms with Crippen LogP contribution < -0.4 is 4.90 Å². The van der Waals surface area contributed by atoms with Gasteiger partial charge in [-0.25, -0.2) is 0 Å². The fourth-order valence-corrected chi connectivity index (χ4v) is 2.75. The summed E-state index contributed by atoms with van der Waals surface area (Å²) in [6.07, 6.45) is 0.399.